The third-order valence-electron chi connectivity index (χ3n) is 1.90. The van der Waals surface area contributed by atoms with Gasteiger partial charge in [0.2, 0.25) is 0 Å². The maximum absolute atomic E-state index is 13.0. The van der Waals surface area contributed by atoms with Gasteiger partial charge in [-0.05, 0) is 11.6 Å². The second-order valence-corrected chi connectivity index (χ2v) is 2.84. The predicted octanol–water partition coefficient (Wildman–Crippen LogP) is 3.37. The first-order chi connectivity index (χ1) is 6.56. The van der Waals surface area contributed by atoms with Gasteiger partial charge >= 0.3 is 0 Å². The number of benzene rings is 1. The van der Waals surface area contributed by atoms with Crippen molar-refractivity contribution in [2.24, 2.45) is 5.73 Å². The molecule has 15 heavy (non-hydrogen) atoms. The smallest absolute Gasteiger partial charge is 0.266 e. The molecule has 1 unspecified atom stereocenters. The fourth-order valence-corrected chi connectivity index (χ4v) is 1.06. The molecule has 0 aromatic heterocycles. The lowest BCUT2D eigenvalue weighted by Crippen LogP contribution is -2.07. The Balaban J connectivity index is 0.00000196. The average Bonchev–Trinajstić information content (AvgIpc) is 2.15. The van der Waals surface area contributed by atoms with Gasteiger partial charge in [-0.1, -0.05) is 18.2 Å². The first-order valence-corrected chi connectivity index (χ1v) is 4.02. The van der Waals surface area contributed by atoms with Gasteiger partial charge in [0.1, 0.15) is 5.82 Å². The van der Waals surface area contributed by atoms with Crippen LogP contribution < -0.4 is 5.73 Å². The molecule has 0 aliphatic rings. The number of halogens is 4. The summed E-state index contributed by atoms with van der Waals surface area (Å²) >= 11 is 0. The minimum absolute atomic E-state index is 0. The zero-order valence-electron chi connectivity index (χ0n) is 7.79. The van der Waals surface area contributed by atoms with Crippen molar-refractivity contribution in [2.75, 3.05) is 0 Å². The Morgan fingerprint density at radius 3 is 2.33 bits per heavy atom. The molecule has 0 spiro atoms. The summed E-state index contributed by atoms with van der Waals surface area (Å²) < 4.78 is 37.3. The van der Waals surface area contributed by atoms with Crippen molar-refractivity contribution in [2.45, 2.75) is 12.5 Å². The van der Waals surface area contributed by atoms with Crippen LogP contribution in [0.4, 0.5) is 13.2 Å². The Labute approximate surface area is 92.2 Å². The van der Waals surface area contributed by atoms with Gasteiger partial charge in [-0.25, -0.2) is 13.2 Å². The molecule has 0 radical (unpaired) electrons. The standard InChI is InChI=1S/C10H10F3N.ClH/c1-2-9(14)6-3-4-7(10(12)13)8(11)5-6;/h2-5,9-10H,1,14H2;1H. The molecule has 0 amide bonds. The van der Waals surface area contributed by atoms with Crippen LogP contribution in [0.5, 0.6) is 0 Å². The summed E-state index contributed by atoms with van der Waals surface area (Å²) in [5.41, 5.74) is 5.34. The highest BCUT2D eigenvalue weighted by molar-refractivity contribution is 5.85. The fourth-order valence-electron chi connectivity index (χ4n) is 1.06. The predicted molar refractivity (Wildman–Crippen MR) is 55.7 cm³/mol. The summed E-state index contributed by atoms with van der Waals surface area (Å²) in [4.78, 5) is 0. The summed E-state index contributed by atoms with van der Waals surface area (Å²) in [5.74, 6) is -0.935. The first kappa shape index (κ1) is 14.0. The summed E-state index contributed by atoms with van der Waals surface area (Å²) in [5, 5.41) is 0. The molecule has 0 bridgehead atoms. The summed E-state index contributed by atoms with van der Waals surface area (Å²) in [6, 6.07) is 2.89. The highest BCUT2D eigenvalue weighted by Crippen LogP contribution is 2.24. The van der Waals surface area contributed by atoms with E-state index in [1.807, 2.05) is 0 Å². The van der Waals surface area contributed by atoms with E-state index in [0.29, 0.717) is 5.56 Å². The van der Waals surface area contributed by atoms with Crippen molar-refractivity contribution < 1.29 is 13.2 Å². The van der Waals surface area contributed by atoms with Gasteiger partial charge in [-0.3, -0.25) is 0 Å². The molecule has 0 aliphatic carbocycles. The van der Waals surface area contributed by atoms with E-state index in [-0.39, 0.29) is 12.4 Å². The first-order valence-electron chi connectivity index (χ1n) is 4.02. The minimum Gasteiger partial charge on any atom is -0.321 e. The van der Waals surface area contributed by atoms with Crippen LogP contribution in [-0.4, -0.2) is 0 Å². The molecule has 1 nitrogen and oxygen atoms in total. The molecule has 0 fully saturated rings. The van der Waals surface area contributed by atoms with Gasteiger partial charge in [0, 0.05) is 6.04 Å². The number of hydrogen-bond acceptors (Lipinski definition) is 1. The van der Waals surface area contributed by atoms with Crippen LogP contribution >= 0.6 is 12.4 Å². The lowest BCUT2D eigenvalue weighted by atomic mass is 10.1. The van der Waals surface area contributed by atoms with E-state index in [0.717, 1.165) is 12.1 Å². The number of hydrogen-bond donors (Lipinski definition) is 1. The van der Waals surface area contributed by atoms with E-state index in [2.05, 4.69) is 6.58 Å². The van der Waals surface area contributed by atoms with Crippen molar-refractivity contribution in [1.29, 1.82) is 0 Å². The summed E-state index contributed by atoms with van der Waals surface area (Å²) in [6.45, 7) is 3.43. The van der Waals surface area contributed by atoms with Gasteiger partial charge in [0.15, 0.2) is 0 Å². The SMILES string of the molecule is C=CC(N)c1ccc(C(F)F)c(F)c1.Cl. The normalized spacial score (nSPS) is 12.1. The van der Waals surface area contributed by atoms with Gasteiger partial charge in [0.05, 0.1) is 5.56 Å². The third kappa shape index (κ3) is 3.25. The van der Waals surface area contributed by atoms with E-state index in [9.17, 15) is 13.2 Å². The van der Waals surface area contributed by atoms with Gasteiger partial charge in [-0.15, -0.1) is 19.0 Å². The van der Waals surface area contributed by atoms with Crippen molar-refractivity contribution >= 4 is 12.4 Å². The third-order valence-corrected chi connectivity index (χ3v) is 1.90. The van der Waals surface area contributed by atoms with Gasteiger partial charge in [0.25, 0.3) is 6.43 Å². The molecule has 0 saturated heterocycles. The Bertz CT molecular complexity index is 341. The maximum Gasteiger partial charge on any atom is 0.266 e. The minimum atomic E-state index is -2.80. The molecule has 1 aromatic rings. The molecule has 1 atom stereocenters. The molecule has 0 heterocycles. The zero-order valence-corrected chi connectivity index (χ0v) is 8.61. The summed E-state index contributed by atoms with van der Waals surface area (Å²) in [7, 11) is 0. The van der Waals surface area contributed by atoms with Gasteiger partial charge in [-0.2, -0.15) is 0 Å². The Hall–Kier alpha value is -1.00. The van der Waals surface area contributed by atoms with E-state index in [1.165, 1.54) is 12.1 Å². The molecule has 0 saturated carbocycles. The van der Waals surface area contributed by atoms with E-state index < -0.39 is 23.8 Å². The van der Waals surface area contributed by atoms with Crippen molar-refractivity contribution in [3.05, 3.63) is 47.8 Å². The number of alkyl halides is 2. The highest BCUT2D eigenvalue weighted by Gasteiger charge is 2.14. The van der Waals surface area contributed by atoms with Crippen molar-refractivity contribution in [3.8, 4) is 0 Å². The van der Waals surface area contributed by atoms with Crippen LogP contribution in [0.25, 0.3) is 0 Å². The van der Waals surface area contributed by atoms with Crippen LogP contribution in [0.15, 0.2) is 30.9 Å². The molecular weight excluding hydrogens is 227 g/mol. The molecule has 1 rings (SSSR count). The van der Waals surface area contributed by atoms with Crippen LogP contribution in [0.1, 0.15) is 23.6 Å². The Morgan fingerprint density at radius 1 is 1.33 bits per heavy atom. The lowest BCUT2D eigenvalue weighted by Gasteiger charge is -2.08. The largest absolute Gasteiger partial charge is 0.321 e. The Morgan fingerprint density at radius 2 is 1.93 bits per heavy atom. The van der Waals surface area contributed by atoms with E-state index in [4.69, 9.17) is 5.73 Å². The highest BCUT2D eigenvalue weighted by atomic mass is 35.5. The molecule has 5 heteroatoms. The topological polar surface area (TPSA) is 26.0 Å². The average molecular weight is 238 g/mol. The monoisotopic (exact) mass is 237 g/mol. The van der Waals surface area contributed by atoms with Crippen molar-refractivity contribution in [3.63, 3.8) is 0 Å². The van der Waals surface area contributed by atoms with Crippen LogP contribution in [0, 0.1) is 5.82 Å². The van der Waals surface area contributed by atoms with E-state index >= 15 is 0 Å². The van der Waals surface area contributed by atoms with Gasteiger partial charge < -0.3 is 5.73 Å². The molecular formula is C10H11ClF3N. The quantitative estimate of drug-likeness (QED) is 0.802. The van der Waals surface area contributed by atoms with Crippen LogP contribution in [0.3, 0.4) is 0 Å². The van der Waals surface area contributed by atoms with Crippen LogP contribution in [-0.2, 0) is 0 Å². The number of rotatable bonds is 3. The fraction of sp³-hybridized carbons (Fsp3) is 0.200. The molecule has 0 aliphatic heterocycles. The lowest BCUT2D eigenvalue weighted by molar-refractivity contribution is 0.146. The Kier molecular flexibility index (Phi) is 5.39. The second-order valence-electron chi connectivity index (χ2n) is 2.84. The molecule has 84 valence electrons. The van der Waals surface area contributed by atoms with E-state index in [1.54, 1.807) is 0 Å². The maximum atomic E-state index is 13.0. The second kappa shape index (κ2) is 5.78. The molecule has 1 aromatic carbocycles. The number of nitrogens with two attached hydrogens (primary N) is 1. The van der Waals surface area contributed by atoms with Crippen molar-refractivity contribution in [1.82, 2.24) is 0 Å². The molecule has 2 N–H and O–H groups in total. The summed E-state index contributed by atoms with van der Waals surface area (Å²) in [6.07, 6.45) is -1.39. The van der Waals surface area contributed by atoms with Crippen LogP contribution in [0.2, 0.25) is 0 Å². The zero-order chi connectivity index (χ0) is 10.7.